The number of benzene rings is 3. The zero-order valence-corrected chi connectivity index (χ0v) is 22.0. The molecule has 0 saturated heterocycles. The number of nitrogens with zero attached hydrogens (tertiary/aromatic N) is 2. The van der Waals surface area contributed by atoms with Crippen molar-refractivity contribution in [2.75, 3.05) is 19.0 Å². The molecule has 0 atom stereocenters. The summed E-state index contributed by atoms with van der Waals surface area (Å²) in [5.41, 5.74) is 6.00. The second-order valence-corrected chi connectivity index (χ2v) is 9.19. The van der Waals surface area contributed by atoms with Gasteiger partial charge in [0.05, 0.1) is 5.56 Å². The Bertz CT molecular complexity index is 1700. The van der Waals surface area contributed by atoms with Gasteiger partial charge in [-0.3, -0.25) is 0 Å². The molecule has 4 aromatic rings. The van der Waals surface area contributed by atoms with Gasteiger partial charge in [-0.1, -0.05) is 73.7 Å². The third-order valence-electron chi connectivity index (χ3n) is 6.35. The largest absolute Gasteiger partial charge is 0.477 e. The van der Waals surface area contributed by atoms with Crippen LogP contribution in [0, 0.1) is 11.3 Å². The molecule has 0 radical (unpaired) electrons. The monoisotopic (exact) mass is 516 g/mol. The van der Waals surface area contributed by atoms with Crippen molar-refractivity contribution in [3.63, 3.8) is 0 Å². The summed E-state index contributed by atoms with van der Waals surface area (Å²) in [6.07, 6.45) is 9.73. The van der Waals surface area contributed by atoms with E-state index in [1.807, 2.05) is 105 Å². The van der Waals surface area contributed by atoms with Gasteiger partial charge >= 0.3 is 11.6 Å². The summed E-state index contributed by atoms with van der Waals surface area (Å²) in [7, 11) is 3.90. The minimum Gasteiger partial charge on any atom is -0.477 e. The number of rotatable bonds is 8. The van der Waals surface area contributed by atoms with Crippen molar-refractivity contribution in [1.82, 2.24) is 0 Å². The Morgan fingerprint density at radius 3 is 1.92 bits per heavy atom. The van der Waals surface area contributed by atoms with Gasteiger partial charge in [0.1, 0.15) is 17.2 Å². The average Bonchev–Trinajstić information content (AvgIpc) is 2.94. The van der Waals surface area contributed by atoms with Gasteiger partial charge in [0.15, 0.2) is 0 Å². The van der Waals surface area contributed by atoms with Crippen molar-refractivity contribution < 1.29 is 14.3 Å². The molecule has 1 N–H and O–H groups in total. The Balaban J connectivity index is 1.50. The molecule has 1 heterocycles. The lowest BCUT2D eigenvalue weighted by atomic mass is 10.0. The van der Waals surface area contributed by atoms with Gasteiger partial charge in [0.2, 0.25) is 0 Å². The van der Waals surface area contributed by atoms with Gasteiger partial charge in [-0.2, -0.15) is 5.26 Å². The number of hydrogen-bond acceptors (Lipinski definition) is 5. The van der Waals surface area contributed by atoms with Gasteiger partial charge in [-0.05, 0) is 58.5 Å². The van der Waals surface area contributed by atoms with Crippen molar-refractivity contribution >= 4 is 53.0 Å². The third kappa shape index (κ3) is 6.41. The van der Waals surface area contributed by atoms with E-state index in [-0.39, 0.29) is 11.2 Å². The lowest BCUT2D eigenvalue weighted by Gasteiger charge is -2.14. The van der Waals surface area contributed by atoms with Gasteiger partial charge < -0.3 is 14.4 Å². The van der Waals surface area contributed by atoms with Crippen molar-refractivity contribution in [2.24, 2.45) is 0 Å². The molecule has 0 bridgehead atoms. The Morgan fingerprint density at radius 1 is 0.897 bits per heavy atom. The molecular weight excluding hydrogens is 488 g/mol. The summed E-state index contributed by atoms with van der Waals surface area (Å²) >= 11 is 0. The Labute approximate surface area is 227 Å². The summed E-state index contributed by atoms with van der Waals surface area (Å²) in [6, 6.07) is 22.8. The lowest BCUT2D eigenvalue weighted by molar-refractivity contribution is -0.132. The molecule has 0 saturated carbocycles. The van der Waals surface area contributed by atoms with Crippen molar-refractivity contribution in [3.05, 3.63) is 116 Å². The fourth-order valence-corrected chi connectivity index (χ4v) is 4.20. The Kier molecular flexibility index (Phi) is 8.23. The van der Waals surface area contributed by atoms with Crippen LogP contribution < -0.4 is 10.5 Å². The second-order valence-electron chi connectivity index (χ2n) is 9.19. The zero-order valence-electron chi connectivity index (χ0n) is 22.0. The highest BCUT2D eigenvalue weighted by Crippen LogP contribution is 2.26. The van der Waals surface area contributed by atoms with Crippen LogP contribution in [0.1, 0.15) is 40.3 Å². The molecule has 0 aliphatic carbocycles. The first-order valence-electron chi connectivity index (χ1n) is 12.5. The van der Waals surface area contributed by atoms with E-state index in [1.54, 1.807) is 18.2 Å². The maximum absolute atomic E-state index is 12.8. The number of carboxylic acid groups (broad SMARTS) is 1. The number of aliphatic carboxylic acids is 1. The summed E-state index contributed by atoms with van der Waals surface area (Å²) in [5, 5.41) is 18.8. The van der Waals surface area contributed by atoms with E-state index in [9.17, 15) is 9.59 Å². The number of nitriles is 1. The molecule has 39 heavy (non-hydrogen) atoms. The number of hydrogen-bond donors (Lipinski definition) is 1. The van der Waals surface area contributed by atoms with Gasteiger partial charge in [-0.25, -0.2) is 9.59 Å². The second kappa shape index (κ2) is 11.9. The maximum atomic E-state index is 12.8. The van der Waals surface area contributed by atoms with Gasteiger partial charge in [-0.15, -0.1) is 0 Å². The molecule has 0 amide bonds. The molecule has 0 aliphatic rings. The fraction of sp³-hybridized carbons (Fsp3) is 0.121. The number of carbonyl (C=O) groups is 1. The van der Waals surface area contributed by atoms with Crippen LogP contribution in [-0.2, 0) is 11.2 Å². The van der Waals surface area contributed by atoms with Crippen molar-refractivity contribution in [3.8, 4) is 6.07 Å². The van der Waals surface area contributed by atoms with Crippen LogP contribution in [0.25, 0.3) is 41.3 Å². The number of carboxylic acids is 1. The zero-order chi connectivity index (χ0) is 27.9. The molecule has 0 spiro atoms. The molecule has 0 aliphatic heterocycles. The minimum absolute atomic E-state index is 0.307. The third-order valence-corrected chi connectivity index (χ3v) is 6.35. The van der Waals surface area contributed by atoms with Crippen LogP contribution in [0.4, 0.5) is 5.69 Å². The molecule has 3 aromatic carbocycles. The molecular formula is C33H28N2O4. The highest BCUT2D eigenvalue weighted by atomic mass is 16.4. The first-order chi connectivity index (χ1) is 18.8. The standard InChI is InChI=1S/C33H28N2O4/c1-4-28-29-18-16-27(35(2)3)20-31(29)39-33(38)30(28)17-15-24-9-7-22(8-10-24)5-6-23-11-13-25(14-12-23)19-26(21-34)32(36)37/h5-20H,4H2,1-3H3,(H,36,37)/b6-5+,17-15+,26-19+. The fourth-order valence-electron chi connectivity index (χ4n) is 4.20. The summed E-state index contributed by atoms with van der Waals surface area (Å²) < 4.78 is 5.66. The average molecular weight is 517 g/mol. The highest BCUT2D eigenvalue weighted by molar-refractivity contribution is 5.96. The number of anilines is 1. The van der Waals surface area contributed by atoms with Crippen molar-refractivity contribution in [2.45, 2.75) is 13.3 Å². The first-order valence-corrected chi connectivity index (χ1v) is 12.5. The van der Waals surface area contributed by atoms with Crippen LogP contribution >= 0.6 is 0 Å². The summed E-state index contributed by atoms with van der Waals surface area (Å²) in [6.45, 7) is 2.04. The van der Waals surface area contributed by atoms with E-state index in [0.29, 0.717) is 23.1 Å². The lowest BCUT2D eigenvalue weighted by Crippen LogP contribution is -2.10. The molecule has 0 fully saturated rings. The van der Waals surface area contributed by atoms with Crippen LogP contribution in [0.15, 0.2) is 81.5 Å². The van der Waals surface area contributed by atoms with E-state index in [0.717, 1.165) is 33.3 Å². The molecule has 194 valence electrons. The van der Waals surface area contributed by atoms with Gasteiger partial charge in [0.25, 0.3) is 0 Å². The molecule has 6 nitrogen and oxygen atoms in total. The Hall–Kier alpha value is -5.15. The SMILES string of the molecule is CCc1c(/C=C/c2ccc(/C=C/c3ccc(/C=C(\C#N)C(=O)O)cc3)cc2)c(=O)oc2cc(N(C)C)ccc12. The van der Waals surface area contributed by atoms with Crippen LogP contribution in [0.3, 0.4) is 0 Å². The highest BCUT2D eigenvalue weighted by Gasteiger charge is 2.12. The number of aryl methyl sites for hydroxylation is 1. The van der Waals surface area contributed by atoms with E-state index in [1.165, 1.54) is 6.08 Å². The summed E-state index contributed by atoms with van der Waals surface area (Å²) in [4.78, 5) is 25.8. The summed E-state index contributed by atoms with van der Waals surface area (Å²) in [5.74, 6) is -1.25. The van der Waals surface area contributed by atoms with E-state index in [4.69, 9.17) is 14.8 Å². The van der Waals surface area contributed by atoms with E-state index < -0.39 is 5.97 Å². The first kappa shape index (κ1) is 26.9. The van der Waals surface area contributed by atoms with Gasteiger partial charge in [0, 0.05) is 31.2 Å². The van der Waals surface area contributed by atoms with Crippen LogP contribution in [-0.4, -0.2) is 25.2 Å². The quantitative estimate of drug-likeness (QED) is 0.120. The molecule has 1 aromatic heterocycles. The minimum atomic E-state index is -1.25. The van der Waals surface area contributed by atoms with E-state index in [2.05, 4.69) is 0 Å². The normalized spacial score (nSPS) is 11.8. The van der Waals surface area contributed by atoms with E-state index >= 15 is 0 Å². The molecule has 0 unspecified atom stereocenters. The topological polar surface area (TPSA) is 94.5 Å². The molecule has 6 heteroatoms. The van der Waals surface area contributed by atoms with Crippen LogP contribution in [0.5, 0.6) is 0 Å². The van der Waals surface area contributed by atoms with Crippen LogP contribution in [0.2, 0.25) is 0 Å². The Morgan fingerprint density at radius 2 is 1.44 bits per heavy atom. The van der Waals surface area contributed by atoms with Crippen molar-refractivity contribution in [1.29, 1.82) is 5.26 Å². The number of fused-ring (bicyclic) bond motifs is 1. The predicted molar refractivity (Wildman–Crippen MR) is 158 cm³/mol. The smallest absolute Gasteiger partial charge is 0.346 e. The molecule has 4 rings (SSSR count). The maximum Gasteiger partial charge on any atom is 0.346 e. The predicted octanol–water partition coefficient (Wildman–Crippen LogP) is 6.75.